The van der Waals surface area contributed by atoms with E-state index in [2.05, 4.69) is 22.9 Å². The van der Waals surface area contributed by atoms with Gasteiger partial charge in [0.1, 0.15) is 11.7 Å². The molecule has 8 heteroatoms. The van der Waals surface area contributed by atoms with Gasteiger partial charge >= 0.3 is 0 Å². The summed E-state index contributed by atoms with van der Waals surface area (Å²) in [5.41, 5.74) is -0.364. The normalized spacial score (nSPS) is 45.0. The highest BCUT2D eigenvalue weighted by atomic mass is 32.2. The lowest BCUT2D eigenvalue weighted by atomic mass is 9.74. The Morgan fingerprint density at radius 1 is 1.27 bits per heavy atom. The number of hydrogen-bond donors (Lipinski definition) is 4. The number of likely N-dealkylation sites (tertiary alicyclic amines) is 1. The molecule has 6 nitrogen and oxygen atoms in total. The Labute approximate surface area is 183 Å². The third-order valence-corrected chi connectivity index (χ3v) is 9.79. The van der Waals surface area contributed by atoms with Crippen molar-refractivity contribution in [3.63, 3.8) is 0 Å². The summed E-state index contributed by atoms with van der Waals surface area (Å²) in [5.74, 6) is 1.07. The Morgan fingerprint density at radius 2 is 2.10 bits per heavy atom. The number of nitrogens with one attached hydrogen (secondary N) is 3. The summed E-state index contributed by atoms with van der Waals surface area (Å²) >= 11 is 1.86. The topological polar surface area (TPSA) is 76.6 Å². The van der Waals surface area contributed by atoms with Crippen LogP contribution in [0.25, 0.3) is 0 Å². The van der Waals surface area contributed by atoms with Crippen molar-refractivity contribution >= 4 is 17.7 Å². The highest BCUT2D eigenvalue weighted by molar-refractivity contribution is 8.00. The minimum Gasteiger partial charge on any atom is -0.389 e. The molecule has 2 aliphatic carbocycles. The molecule has 5 fully saturated rings. The molecule has 0 radical (unpaired) electrons. The zero-order valence-electron chi connectivity index (χ0n) is 18.0. The number of fused-ring (bicyclic) bond motifs is 2. The largest absolute Gasteiger partial charge is 0.389 e. The smallest absolute Gasteiger partial charge is 0.239 e. The van der Waals surface area contributed by atoms with Crippen molar-refractivity contribution in [2.75, 3.05) is 19.6 Å². The molecule has 3 saturated heterocycles. The molecule has 5 rings (SSSR count). The van der Waals surface area contributed by atoms with E-state index in [1.807, 2.05) is 16.7 Å². The number of rotatable bonds is 5. The van der Waals surface area contributed by atoms with Gasteiger partial charge in [-0.2, -0.15) is 0 Å². The van der Waals surface area contributed by atoms with Crippen LogP contribution in [0, 0.1) is 11.8 Å². The van der Waals surface area contributed by atoms with Gasteiger partial charge in [0.25, 0.3) is 0 Å². The lowest BCUT2D eigenvalue weighted by Crippen LogP contribution is -2.54. The molecule has 0 spiro atoms. The number of piperidine rings is 1. The Kier molecular flexibility index (Phi) is 6.08. The quantitative estimate of drug-likeness (QED) is 0.520. The molecule has 8 unspecified atom stereocenters. The van der Waals surface area contributed by atoms with E-state index in [1.54, 1.807) is 0 Å². The molecule has 4 N–H and O–H groups in total. The summed E-state index contributed by atoms with van der Waals surface area (Å²) < 4.78 is 14.1. The lowest BCUT2D eigenvalue weighted by Gasteiger charge is -2.37. The van der Waals surface area contributed by atoms with Crippen molar-refractivity contribution < 1.29 is 14.3 Å². The molecule has 8 atom stereocenters. The van der Waals surface area contributed by atoms with Crippen LogP contribution in [-0.4, -0.2) is 76.2 Å². The number of thioether (sulfide) groups is 1. The number of amides is 1. The molecule has 170 valence electrons. The number of hydrogen-bond acceptors (Lipinski definition) is 6. The maximum absolute atomic E-state index is 14.1. The standard InChI is InChI=1S/C22H37FN4O2S/c1-2-13-8-14(23)9-17-15(13)10-18(25-17)20(28)27-7-4-16-19(11-27)30-21(26-16)24-12-22(29)5-3-6-22/h13-19,21,24-26,29H,2-12H2,1H3. The summed E-state index contributed by atoms with van der Waals surface area (Å²) in [7, 11) is 0. The number of nitrogens with zero attached hydrogens (tertiary/aromatic N) is 1. The van der Waals surface area contributed by atoms with E-state index in [0.717, 1.165) is 51.6 Å². The van der Waals surface area contributed by atoms with Gasteiger partial charge in [0.2, 0.25) is 5.91 Å². The van der Waals surface area contributed by atoms with Gasteiger partial charge in [0, 0.05) is 37.0 Å². The fourth-order valence-electron chi connectivity index (χ4n) is 6.39. The molecular weight excluding hydrogens is 403 g/mol. The highest BCUT2D eigenvalue weighted by Crippen LogP contribution is 2.41. The summed E-state index contributed by atoms with van der Waals surface area (Å²) in [5, 5.41) is 21.3. The van der Waals surface area contributed by atoms with E-state index >= 15 is 0 Å². The van der Waals surface area contributed by atoms with E-state index in [9.17, 15) is 14.3 Å². The first-order valence-corrected chi connectivity index (χ1v) is 12.9. The fourth-order valence-corrected chi connectivity index (χ4v) is 7.85. The van der Waals surface area contributed by atoms with Crippen LogP contribution in [0.5, 0.6) is 0 Å². The van der Waals surface area contributed by atoms with Gasteiger partial charge in [-0.25, -0.2) is 4.39 Å². The van der Waals surface area contributed by atoms with Gasteiger partial charge in [0.05, 0.1) is 11.6 Å². The molecule has 3 aliphatic heterocycles. The predicted molar refractivity (Wildman–Crippen MR) is 117 cm³/mol. The minimum atomic E-state index is -0.725. The van der Waals surface area contributed by atoms with E-state index in [-0.39, 0.29) is 23.5 Å². The molecule has 3 heterocycles. The van der Waals surface area contributed by atoms with E-state index < -0.39 is 11.8 Å². The van der Waals surface area contributed by atoms with E-state index in [1.165, 1.54) is 0 Å². The lowest BCUT2D eigenvalue weighted by molar-refractivity contribution is -0.134. The third kappa shape index (κ3) is 4.15. The van der Waals surface area contributed by atoms with E-state index in [0.29, 0.717) is 42.5 Å². The van der Waals surface area contributed by atoms with Gasteiger partial charge in [-0.05, 0) is 56.8 Å². The second kappa shape index (κ2) is 8.50. The summed E-state index contributed by atoms with van der Waals surface area (Å²) in [6.07, 6.45) is 6.25. The summed E-state index contributed by atoms with van der Waals surface area (Å²) in [6.45, 7) is 4.36. The molecule has 5 aliphatic rings. The van der Waals surface area contributed by atoms with Gasteiger partial charge in [-0.3, -0.25) is 15.4 Å². The molecule has 0 aromatic carbocycles. The Hall–Kier alpha value is -0.410. The summed E-state index contributed by atoms with van der Waals surface area (Å²) in [6, 6.07) is 0.444. The Morgan fingerprint density at radius 3 is 2.83 bits per heavy atom. The molecular formula is C22H37FN4O2S. The van der Waals surface area contributed by atoms with Gasteiger partial charge in [-0.15, -0.1) is 11.8 Å². The maximum Gasteiger partial charge on any atom is 0.239 e. The van der Waals surface area contributed by atoms with Crippen molar-refractivity contribution in [3.05, 3.63) is 0 Å². The first-order chi connectivity index (χ1) is 14.4. The molecule has 2 saturated carbocycles. The number of halogens is 1. The van der Waals surface area contributed by atoms with Gasteiger partial charge < -0.3 is 15.3 Å². The first kappa shape index (κ1) is 21.4. The van der Waals surface area contributed by atoms with Crippen molar-refractivity contribution in [1.29, 1.82) is 0 Å². The average Bonchev–Trinajstić information content (AvgIpc) is 3.32. The average molecular weight is 441 g/mol. The SMILES string of the molecule is CCC1CC(F)CC2NC(C(=O)N3CCC4NC(NCC5(O)CCC5)SC4C3)CC12. The zero-order valence-corrected chi connectivity index (χ0v) is 18.8. The van der Waals surface area contributed by atoms with Crippen LogP contribution in [0.15, 0.2) is 0 Å². The van der Waals surface area contributed by atoms with Crippen molar-refractivity contribution in [2.45, 2.75) is 98.9 Å². The van der Waals surface area contributed by atoms with Crippen molar-refractivity contribution in [3.8, 4) is 0 Å². The number of carbonyl (C=O) groups is 1. The highest BCUT2D eigenvalue weighted by Gasteiger charge is 2.47. The number of alkyl halides is 1. The van der Waals surface area contributed by atoms with Crippen LogP contribution in [-0.2, 0) is 4.79 Å². The van der Waals surface area contributed by atoms with Crippen molar-refractivity contribution in [2.24, 2.45) is 11.8 Å². The first-order valence-electron chi connectivity index (χ1n) is 12.0. The van der Waals surface area contributed by atoms with Crippen LogP contribution < -0.4 is 16.0 Å². The van der Waals surface area contributed by atoms with Gasteiger partial charge in [0.15, 0.2) is 0 Å². The predicted octanol–water partition coefficient (Wildman–Crippen LogP) is 1.59. The summed E-state index contributed by atoms with van der Waals surface area (Å²) in [4.78, 5) is 15.3. The monoisotopic (exact) mass is 440 g/mol. The molecule has 0 bridgehead atoms. The Balaban J connectivity index is 1.14. The molecule has 0 aromatic rings. The van der Waals surface area contributed by atoms with Crippen molar-refractivity contribution in [1.82, 2.24) is 20.9 Å². The van der Waals surface area contributed by atoms with Gasteiger partial charge in [-0.1, -0.05) is 13.3 Å². The number of aliphatic hydroxyl groups is 1. The van der Waals surface area contributed by atoms with Crippen LogP contribution >= 0.6 is 11.8 Å². The Bertz CT molecular complexity index is 651. The van der Waals surface area contributed by atoms with E-state index in [4.69, 9.17) is 0 Å². The van der Waals surface area contributed by atoms with Crippen LogP contribution in [0.2, 0.25) is 0 Å². The molecule has 30 heavy (non-hydrogen) atoms. The zero-order chi connectivity index (χ0) is 20.9. The third-order valence-electron chi connectivity index (χ3n) is 8.38. The minimum absolute atomic E-state index is 0.142. The van der Waals surface area contributed by atoms with Crippen LogP contribution in [0.3, 0.4) is 0 Å². The maximum atomic E-state index is 14.1. The molecule has 1 amide bonds. The van der Waals surface area contributed by atoms with Crippen LogP contribution in [0.4, 0.5) is 4.39 Å². The second-order valence-electron chi connectivity index (χ2n) is 10.3. The molecule has 0 aromatic heterocycles. The fraction of sp³-hybridized carbons (Fsp3) is 0.955. The van der Waals surface area contributed by atoms with Crippen LogP contribution in [0.1, 0.15) is 58.3 Å². The number of carbonyl (C=O) groups excluding carboxylic acids is 1. The second-order valence-corrected chi connectivity index (χ2v) is 11.7.